The predicted octanol–water partition coefficient (Wildman–Crippen LogP) is 3.43. The van der Waals surface area contributed by atoms with Crippen LogP contribution in [0.15, 0.2) is 18.2 Å². The largest absolute Gasteiger partial charge is 0.461 e. The summed E-state index contributed by atoms with van der Waals surface area (Å²) in [7, 11) is 0. The van der Waals surface area contributed by atoms with E-state index in [1.807, 2.05) is 32.6 Å². The van der Waals surface area contributed by atoms with Crippen LogP contribution in [-0.2, 0) is 50.1 Å². The maximum atomic E-state index is 15.4. The molecule has 2 aromatic rings. The van der Waals surface area contributed by atoms with Crippen molar-refractivity contribution in [3.8, 4) is 5.75 Å². The number of nitrogens with zero attached hydrogens (tertiary/aromatic N) is 4. The van der Waals surface area contributed by atoms with E-state index in [1.54, 1.807) is 12.1 Å². The summed E-state index contributed by atoms with van der Waals surface area (Å²) in [5.41, 5.74) is 4.48. The lowest BCUT2D eigenvalue weighted by molar-refractivity contribution is -0.220. The number of carbonyl (C=O) groups excluding carboxylic acids is 2. The minimum absolute atomic E-state index is 0.204. The Kier molecular flexibility index (Phi) is 8.16. The summed E-state index contributed by atoms with van der Waals surface area (Å²) in [5, 5.41) is 2.64. The Morgan fingerprint density at radius 3 is 2.45 bits per heavy atom. The van der Waals surface area contributed by atoms with E-state index in [4.69, 9.17) is 28.7 Å². The van der Waals surface area contributed by atoms with Gasteiger partial charge in [-0.1, -0.05) is 0 Å². The highest BCUT2D eigenvalue weighted by Crippen LogP contribution is 2.40. The number of benzene rings is 1. The van der Waals surface area contributed by atoms with Crippen LogP contribution in [0, 0.1) is 5.82 Å². The van der Waals surface area contributed by atoms with Gasteiger partial charge in [0.2, 0.25) is 11.7 Å². The number of pyridine rings is 1. The zero-order chi connectivity index (χ0) is 31.2. The van der Waals surface area contributed by atoms with Crippen molar-refractivity contribution in [3.63, 3.8) is 0 Å². The molecule has 4 aliphatic heterocycles. The van der Waals surface area contributed by atoms with Gasteiger partial charge in [-0.05, 0) is 32.0 Å². The van der Waals surface area contributed by atoms with E-state index in [2.05, 4.69) is 10.2 Å². The number of aromatic nitrogens is 1. The van der Waals surface area contributed by atoms with Crippen molar-refractivity contribution in [2.75, 3.05) is 49.1 Å². The first-order chi connectivity index (χ1) is 20.9. The molecule has 0 radical (unpaired) electrons. The highest BCUT2D eigenvalue weighted by atomic mass is 19.1. The van der Waals surface area contributed by atoms with Crippen LogP contribution in [0.25, 0.3) is 0 Å². The van der Waals surface area contributed by atoms with Crippen LogP contribution in [0.3, 0.4) is 0 Å². The van der Waals surface area contributed by atoms with E-state index in [1.165, 1.54) is 17.9 Å². The average molecular weight is 614 g/mol. The molecule has 0 bridgehead atoms. The van der Waals surface area contributed by atoms with Gasteiger partial charge in [0.1, 0.15) is 11.9 Å². The molecule has 2 saturated heterocycles. The molecule has 0 saturated carbocycles. The van der Waals surface area contributed by atoms with Crippen LogP contribution in [0.2, 0.25) is 0 Å². The van der Waals surface area contributed by atoms with Crippen molar-refractivity contribution in [3.05, 3.63) is 46.5 Å². The van der Waals surface area contributed by atoms with Crippen LogP contribution in [-0.4, -0.2) is 78.8 Å². The highest BCUT2D eigenvalue weighted by Gasteiger charge is 2.36. The van der Waals surface area contributed by atoms with E-state index >= 15 is 4.39 Å². The maximum Gasteiger partial charge on any atom is 0.414 e. The number of hydrogen-bond acceptors (Lipinski definition) is 10. The number of halogens is 1. The second-order valence-corrected chi connectivity index (χ2v) is 12.5. The Bertz CT molecular complexity index is 1440. The molecular weight excluding hydrogens is 573 g/mol. The topological polar surface area (TPSA) is 115 Å². The number of nitrogens with one attached hydrogen (secondary N) is 1. The molecule has 5 heterocycles. The molecule has 0 unspecified atom stereocenters. The van der Waals surface area contributed by atoms with Gasteiger partial charge in [0.05, 0.1) is 55.7 Å². The van der Waals surface area contributed by atoms with E-state index < -0.39 is 29.6 Å². The van der Waals surface area contributed by atoms with Crippen molar-refractivity contribution in [1.82, 2.24) is 15.2 Å². The standard InChI is InChI=1S/C31H40FN5O7/c1-19(38)33-13-21-14-37(29(39)43-21)20-6-7-27(24(32)12-20)36-10-8-35(9-11-36)15-25-28-23(17-41-31(4,5)44-28)22-16-40-30(2,3)42-18-26(22)34-25/h6-7,12,21H,8-11,13-18H2,1-5H3,(H,33,38)/t21-/m0/s1. The molecule has 2 fully saturated rings. The number of ether oxygens (including phenoxy) is 5. The highest BCUT2D eigenvalue weighted by molar-refractivity contribution is 5.90. The zero-order valence-corrected chi connectivity index (χ0v) is 25.9. The number of cyclic esters (lactones) is 1. The number of fused-ring (bicyclic) bond motifs is 3. The molecule has 4 aliphatic rings. The lowest BCUT2D eigenvalue weighted by Crippen LogP contribution is -2.46. The molecule has 6 rings (SSSR count). The first-order valence-electron chi connectivity index (χ1n) is 15.0. The van der Waals surface area contributed by atoms with Gasteiger partial charge < -0.3 is 33.9 Å². The molecule has 1 N–H and O–H groups in total. The molecule has 1 aromatic carbocycles. The van der Waals surface area contributed by atoms with Gasteiger partial charge in [-0.3, -0.25) is 14.6 Å². The summed E-state index contributed by atoms with van der Waals surface area (Å²) in [5.74, 6) is -1.37. The lowest BCUT2D eigenvalue weighted by Gasteiger charge is -2.38. The molecule has 1 atom stereocenters. The molecule has 13 heteroatoms. The van der Waals surface area contributed by atoms with Crippen molar-refractivity contribution in [2.24, 2.45) is 0 Å². The Balaban J connectivity index is 1.13. The number of carbonyl (C=O) groups is 2. The minimum atomic E-state index is -0.778. The van der Waals surface area contributed by atoms with Crippen LogP contribution < -0.4 is 19.9 Å². The van der Waals surface area contributed by atoms with Gasteiger partial charge in [0.15, 0.2) is 11.5 Å². The van der Waals surface area contributed by atoms with Crippen LogP contribution in [0.1, 0.15) is 57.1 Å². The normalized spacial score (nSPS) is 22.9. The van der Waals surface area contributed by atoms with Crippen LogP contribution >= 0.6 is 0 Å². The second-order valence-electron chi connectivity index (χ2n) is 12.5. The third-order valence-corrected chi connectivity index (χ3v) is 8.33. The van der Waals surface area contributed by atoms with Crippen LogP contribution in [0.4, 0.5) is 20.6 Å². The molecule has 238 valence electrons. The first kappa shape index (κ1) is 30.5. The van der Waals surface area contributed by atoms with Gasteiger partial charge in [0.25, 0.3) is 0 Å². The van der Waals surface area contributed by atoms with E-state index in [0.717, 1.165) is 28.3 Å². The van der Waals surface area contributed by atoms with E-state index in [9.17, 15) is 9.59 Å². The Morgan fingerprint density at radius 1 is 1.02 bits per heavy atom. The summed E-state index contributed by atoms with van der Waals surface area (Å²) in [4.78, 5) is 34.3. The SMILES string of the molecule is CC(=O)NC[C@H]1CN(c2ccc(N3CCN(Cc4nc5c(c6c4OC(C)(C)OC6)COC(C)(C)OC5)CC3)c(F)c2)C(=O)O1. The number of amides is 2. The van der Waals surface area contributed by atoms with Crippen molar-refractivity contribution >= 4 is 23.4 Å². The fourth-order valence-electron chi connectivity index (χ4n) is 5.86. The fraction of sp³-hybridized carbons (Fsp3) is 0.581. The quantitative estimate of drug-likeness (QED) is 0.520. The summed E-state index contributed by atoms with van der Waals surface area (Å²) in [6.07, 6.45) is -1.05. The number of piperazine rings is 1. The molecular formula is C31H40FN5O7. The van der Waals surface area contributed by atoms with Crippen molar-refractivity contribution < 1.29 is 37.7 Å². The van der Waals surface area contributed by atoms with Gasteiger partial charge in [0, 0.05) is 64.6 Å². The number of anilines is 2. The summed E-state index contributed by atoms with van der Waals surface area (Å²) < 4.78 is 45.0. The monoisotopic (exact) mass is 613 g/mol. The van der Waals surface area contributed by atoms with Gasteiger partial charge in [-0.2, -0.15) is 0 Å². The fourth-order valence-corrected chi connectivity index (χ4v) is 5.86. The molecule has 0 spiro atoms. The Hall–Kier alpha value is -3.52. The lowest BCUT2D eigenvalue weighted by atomic mass is 10.0. The Morgan fingerprint density at radius 2 is 1.73 bits per heavy atom. The third kappa shape index (κ3) is 6.46. The number of rotatable bonds is 6. The van der Waals surface area contributed by atoms with Gasteiger partial charge in [-0.15, -0.1) is 0 Å². The molecule has 12 nitrogen and oxygen atoms in total. The van der Waals surface area contributed by atoms with E-state index in [-0.39, 0.29) is 19.0 Å². The summed E-state index contributed by atoms with van der Waals surface area (Å²) in [6, 6.07) is 4.80. The number of hydrogen-bond donors (Lipinski definition) is 1. The first-order valence-corrected chi connectivity index (χ1v) is 15.0. The van der Waals surface area contributed by atoms with Crippen LogP contribution in [0.5, 0.6) is 5.75 Å². The maximum absolute atomic E-state index is 15.4. The predicted molar refractivity (Wildman–Crippen MR) is 158 cm³/mol. The second kappa shape index (κ2) is 11.8. The molecule has 2 amide bonds. The summed E-state index contributed by atoms with van der Waals surface area (Å²) >= 11 is 0. The Labute approximate surface area is 256 Å². The molecule has 1 aromatic heterocycles. The van der Waals surface area contributed by atoms with Crippen molar-refractivity contribution in [1.29, 1.82) is 0 Å². The van der Waals surface area contributed by atoms with Crippen molar-refractivity contribution in [2.45, 2.75) is 78.7 Å². The zero-order valence-electron chi connectivity index (χ0n) is 25.9. The molecule has 44 heavy (non-hydrogen) atoms. The molecule has 0 aliphatic carbocycles. The van der Waals surface area contributed by atoms with Gasteiger partial charge in [-0.25, -0.2) is 14.2 Å². The summed E-state index contributed by atoms with van der Waals surface area (Å²) in [6.45, 7) is 13.7. The van der Waals surface area contributed by atoms with E-state index in [0.29, 0.717) is 63.9 Å². The minimum Gasteiger partial charge on any atom is -0.461 e. The smallest absolute Gasteiger partial charge is 0.414 e. The van der Waals surface area contributed by atoms with Gasteiger partial charge >= 0.3 is 6.09 Å². The third-order valence-electron chi connectivity index (χ3n) is 8.33. The average Bonchev–Trinajstić information content (AvgIpc) is 3.27.